The Balaban J connectivity index is 2.13. The van der Waals surface area contributed by atoms with E-state index in [0.717, 1.165) is 0 Å². The zero-order chi connectivity index (χ0) is 16.6. The first-order chi connectivity index (χ1) is 11.0. The minimum atomic E-state index is -3.01. The van der Waals surface area contributed by atoms with Crippen molar-refractivity contribution in [3.63, 3.8) is 0 Å². The maximum absolute atomic E-state index is 13.3. The molecule has 0 aromatic carbocycles. The second-order valence-electron chi connectivity index (χ2n) is 5.36. The third-order valence-corrected chi connectivity index (χ3v) is 3.84. The summed E-state index contributed by atoms with van der Waals surface area (Å²) in [6.45, 7) is 0. The van der Waals surface area contributed by atoms with Crippen LogP contribution in [-0.4, -0.2) is 27.3 Å². The fourth-order valence-corrected chi connectivity index (χ4v) is 2.74. The van der Waals surface area contributed by atoms with E-state index in [1.54, 1.807) is 12.1 Å². The lowest BCUT2D eigenvalue weighted by Gasteiger charge is -2.19. The number of alkyl halides is 2. The van der Waals surface area contributed by atoms with Gasteiger partial charge in [-0.2, -0.15) is 0 Å². The quantitative estimate of drug-likeness (QED) is 0.642. The number of pyridine rings is 2. The number of rotatable bonds is 3. The summed E-state index contributed by atoms with van der Waals surface area (Å²) >= 11 is 0. The highest BCUT2D eigenvalue weighted by atomic mass is 19.3. The molecule has 1 aliphatic carbocycles. The molecule has 1 aliphatic rings. The lowest BCUT2D eigenvalue weighted by atomic mass is 9.81. The summed E-state index contributed by atoms with van der Waals surface area (Å²) < 4.78 is 26.5. The first-order valence-corrected chi connectivity index (χ1v) is 7.12. The van der Waals surface area contributed by atoms with E-state index in [0.29, 0.717) is 11.8 Å². The SMILES string of the molecule is O=C1CCCC(=O)C1C(=O)c1cc2cccnc2nc1C(F)F. The Labute approximate surface area is 129 Å². The molecule has 0 radical (unpaired) electrons. The lowest BCUT2D eigenvalue weighted by Crippen LogP contribution is -2.35. The first-order valence-electron chi connectivity index (χ1n) is 7.12. The van der Waals surface area contributed by atoms with Gasteiger partial charge in [-0.05, 0) is 24.6 Å². The van der Waals surface area contributed by atoms with Crippen molar-refractivity contribution in [1.82, 2.24) is 9.97 Å². The number of ketones is 3. The van der Waals surface area contributed by atoms with E-state index in [4.69, 9.17) is 0 Å². The second-order valence-corrected chi connectivity index (χ2v) is 5.36. The number of halogens is 2. The van der Waals surface area contributed by atoms with Crippen LogP contribution < -0.4 is 0 Å². The molecule has 0 bridgehead atoms. The maximum Gasteiger partial charge on any atom is 0.281 e. The minimum Gasteiger partial charge on any atom is -0.298 e. The summed E-state index contributed by atoms with van der Waals surface area (Å²) in [5.41, 5.74) is -1.04. The number of hydrogen-bond donors (Lipinski definition) is 0. The van der Waals surface area contributed by atoms with Crippen LogP contribution in [-0.2, 0) is 9.59 Å². The van der Waals surface area contributed by atoms with E-state index in [2.05, 4.69) is 9.97 Å². The van der Waals surface area contributed by atoms with Gasteiger partial charge in [-0.15, -0.1) is 0 Å². The molecule has 2 aromatic heterocycles. The van der Waals surface area contributed by atoms with Crippen LogP contribution >= 0.6 is 0 Å². The molecule has 0 spiro atoms. The average Bonchev–Trinajstić information content (AvgIpc) is 2.53. The van der Waals surface area contributed by atoms with Crippen LogP contribution in [0.5, 0.6) is 0 Å². The van der Waals surface area contributed by atoms with Gasteiger partial charge >= 0.3 is 0 Å². The van der Waals surface area contributed by atoms with Gasteiger partial charge in [0, 0.05) is 30.0 Å². The molecule has 5 nitrogen and oxygen atoms in total. The van der Waals surface area contributed by atoms with Crippen LogP contribution in [0.4, 0.5) is 8.78 Å². The standard InChI is InChI=1S/C16H12F2N2O3/c17-15(18)13-9(7-8-3-2-6-19-16(8)20-13)14(23)12-10(21)4-1-5-11(12)22/h2-3,6-7,12,15H,1,4-5H2. The summed E-state index contributed by atoms with van der Waals surface area (Å²) in [5, 5.41) is 0.399. The molecule has 2 aromatic rings. The van der Waals surface area contributed by atoms with Crippen LogP contribution in [0.25, 0.3) is 11.0 Å². The van der Waals surface area contributed by atoms with Crippen molar-refractivity contribution in [2.45, 2.75) is 25.7 Å². The van der Waals surface area contributed by atoms with E-state index in [9.17, 15) is 23.2 Å². The Morgan fingerprint density at radius 3 is 2.57 bits per heavy atom. The molecule has 2 heterocycles. The molecule has 3 rings (SSSR count). The van der Waals surface area contributed by atoms with Crippen LogP contribution in [0.2, 0.25) is 0 Å². The number of fused-ring (bicyclic) bond motifs is 1. The summed E-state index contributed by atoms with van der Waals surface area (Å²) in [6.07, 6.45) is -0.999. The van der Waals surface area contributed by atoms with Gasteiger partial charge in [-0.1, -0.05) is 0 Å². The molecule has 7 heteroatoms. The number of carbonyl (C=O) groups excluding carboxylic acids is 3. The molecule has 0 saturated heterocycles. The van der Waals surface area contributed by atoms with Crippen molar-refractivity contribution in [3.8, 4) is 0 Å². The zero-order valence-electron chi connectivity index (χ0n) is 12.0. The fourth-order valence-electron chi connectivity index (χ4n) is 2.74. The van der Waals surface area contributed by atoms with Crippen LogP contribution in [0.3, 0.4) is 0 Å². The molecule has 0 unspecified atom stereocenters. The Bertz CT molecular complexity index is 804. The first kappa shape index (κ1) is 15.3. The third kappa shape index (κ3) is 2.74. The maximum atomic E-state index is 13.3. The van der Waals surface area contributed by atoms with Crippen molar-refractivity contribution in [2.75, 3.05) is 0 Å². The van der Waals surface area contributed by atoms with Gasteiger partial charge in [0.25, 0.3) is 6.43 Å². The van der Waals surface area contributed by atoms with Gasteiger partial charge in [0.15, 0.2) is 23.0 Å². The van der Waals surface area contributed by atoms with Gasteiger partial charge < -0.3 is 0 Å². The Morgan fingerprint density at radius 1 is 1.22 bits per heavy atom. The third-order valence-electron chi connectivity index (χ3n) is 3.84. The summed E-state index contributed by atoms with van der Waals surface area (Å²) in [4.78, 5) is 44.0. The average molecular weight is 318 g/mol. The van der Waals surface area contributed by atoms with E-state index in [1.165, 1.54) is 12.3 Å². The fraction of sp³-hybridized carbons (Fsp3) is 0.312. The molecule has 23 heavy (non-hydrogen) atoms. The van der Waals surface area contributed by atoms with E-state index >= 15 is 0 Å². The normalized spacial score (nSPS) is 16.3. The Kier molecular flexibility index (Phi) is 3.94. The van der Waals surface area contributed by atoms with Crippen molar-refractivity contribution in [1.29, 1.82) is 0 Å². The van der Waals surface area contributed by atoms with E-state index < -0.39 is 35.4 Å². The highest BCUT2D eigenvalue weighted by Crippen LogP contribution is 2.29. The summed E-state index contributed by atoms with van der Waals surface area (Å²) in [7, 11) is 0. The molecular weight excluding hydrogens is 306 g/mol. The summed E-state index contributed by atoms with van der Waals surface area (Å²) in [5.74, 6) is -3.42. The van der Waals surface area contributed by atoms with Gasteiger partial charge in [0.2, 0.25) is 0 Å². The van der Waals surface area contributed by atoms with Crippen LogP contribution in [0, 0.1) is 5.92 Å². The highest BCUT2D eigenvalue weighted by Gasteiger charge is 2.38. The smallest absolute Gasteiger partial charge is 0.281 e. The number of carbonyl (C=O) groups is 3. The monoisotopic (exact) mass is 318 g/mol. The van der Waals surface area contributed by atoms with E-state index in [-0.39, 0.29) is 24.1 Å². The van der Waals surface area contributed by atoms with Gasteiger partial charge in [-0.25, -0.2) is 18.7 Å². The predicted octanol–water partition coefficient (Wildman–Crippen LogP) is 2.69. The largest absolute Gasteiger partial charge is 0.298 e. The number of nitrogens with zero attached hydrogens (tertiary/aromatic N) is 2. The Morgan fingerprint density at radius 2 is 1.91 bits per heavy atom. The Hall–Kier alpha value is -2.57. The van der Waals surface area contributed by atoms with E-state index in [1.807, 2.05) is 0 Å². The van der Waals surface area contributed by atoms with Crippen molar-refractivity contribution >= 4 is 28.4 Å². The number of aromatic nitrogens is 2. The molecule has 0 atom stereocenters. The molecular formula is C16H12F2N2O3. The minimum absolute atomic E-state index is 0.0839. The van der Waals surface area contributed by atoms with Crippen molar-refractivity contribution in [2.24, 2.45) is 5.92 Å². The van der Waals surface area contributed by atoms with Crippen molar-refractivity contribution < 1.29 is 23.2 Å². The predicted molar refractivity (Wildman–Crippen MR) is 76.2 cm³/mol. The molecule has 118 valence electrons. The second kappa shape index (κ2) is 5.91. The van der Waals surface area contributed by atoms with Crippen LogP contribution in [0.15, 0.2) is 24.4 Å². The molecule has 0 N–H and O–H groups in total. The molecule has 1 fully saturated rings. The zero-order valence-corrected chi connectivity index (χ0v) is 12.0. The molecule has 0 amide bonds. The number of Topliss-reactive ketones (excluding diaryl/α,β-unsaturated/α-hetero) is 3. The van der Waals surface area contributed by atoms with Gasteiger partial charge in [0.05, 0.1) is 0 Å². The highest BCUT2D eigenvalue weighted by molar-refractivity contribution is 6.25. The van der Waals surface area contributed by atoms with Gasteiger partial charge in [-0.3, -0.25) is 14.4 Å². The topological polar surface area (TPSA) is 77.0 Å². The van der Waals surface area contributed by atoms with Crippen molar-refractivity contribution in [3.05, 3.63) is 35.7 Å². The number of hydrogen-bond acceptors (Lipinski definition) is 5. The summed E-state index contributed by atoms with van der Waals surface area (Å²) in [6, 6.07) is 4.39. The van der Waals surface area contributed by atoms with Gasteiger partial charge in [0.1, 0.15) is 11.6 Å². The molecule has 0 aliphatic heterocycles. The molecule has 1 saturated carbocycles. The lowest BCUT2D eigenvalue weighted by molar-refractivity contribution is -0.133. The van der Waals surface area contributed by atoms with Crippen LogP contribution in [0.1, 0.15) is 41.7 Å².